The highest BCUT2D eigenvalue weighted by Crippen LogP contribution is 2.16. The van der Waals surface area contributed by atoms with Crippen molar-refractivity contribution in [2.75, 3.05) is 19.1 Å². The highest BCUT2D eigenvalue weighted by molar-refractivity contribution is 6.18. The molecular weight excluding hydrogens is 136 g/mol. The van der Waals surface area contributed by atoms with E-state index in [1.165, 1.54) is 12.8 Å². The van der Waals surface area contributed by atoms with Gasteiger partial charge in [0.1, 0.15) is 0 Å². The number of halogens is 1. The Labute approximate surface area is 61.3 Å². The molecule has 1 heterocycles. The maximum Gasteiger partial charge on any atom is 0.0469 e. The lowest BCUT2D eigenvalue weighted by atomic mass is 10.0. The van der Waals surface area contributed by atoms with Gasteiger partial charge < -0.3 is 4.74 Å². The average Bonchev–Trinajstić information content (AvgIpc) is 2.13. The molecule has 1 nitrogen and oxygen atoms in total. The minimum atomic E-state index is 0.717. The van der Waals surface area contributed by atoms with Crippen LogP contribution in [-0.2, 0) is 4.74 Å². The van der Waals surface area contributed by atoms with E-state index in [2.05, 4.69) is 0 Å². The molecule has 0 spiro atoms. The smallest absolute Gasteiger partial charge is 0.0469 e. The first kappa shape index (κ1) is 7.36. The quantitative estimate of drug-likeness (QED) is 0.518. The van der Waals surface area contributed by atoms with Crippen LogP contribution in [0.25, 0.3) is 0 Å². The lowest BCUT2D eigenvalue weighted by Crippen LogP contribution is -2.01. The molecule has 0 N–H and O–H groups in total. The van der Waals surface area contributed by atoms with Gasteiger partial charge in [0.15, 0.2) is 0 Å². The highest BCUT2D eigenvalue weighted by atomic mass is 35.5. The number of hydrogen-bond donors (Lipinski definition) is 0. The molecule has 0 radical (unpaired) electrons. The summed E-state index contributed by atoms with van der Waals surface area (Å²) in [5.41, 5.74) is 0. The van der Waals surface area contributed by atoms with Crippen molar-refractivity contribution in [1.29, 1.82) is 0 Å². The van der Waals surface area contributed by atoms with Gasteiger partial charge in [0.05, 0.1) is 0 Å². The molecule has 1 fully saturated rings. The largest absolute Gasteiger partial charge is 0.381 e. The van der Waals surface area contributed by atoms with Crippen molar-refractivity contribution >= 4 is 11.6 Å². The molecule has 0 aromatic rings. The summed E-state index contributed by atoms with van der Waals surface area (Å²) >= 11 is 5.70. The van der Waals surface area contributed by atoms with E-state index in [1.54, 1.807) is 0 Å². The molecule has 0 aromatic heterocycles. The predicted molar refractivity (Wildman–Crippen MR) is 38.9 cm³/mol. The zero-order valence-electron chi connectivity index (χ0n) is 5.61. The maximum absolute atomic E-state index is 5.70. The molecule has 1 rings (SSSR count). The Morgan fingerprint density at radius 2 is 2.22 bits per heavy atom. The normalized spacial score (nSPS) is 29.7. The van der Waals surface area contributed by atoms with Crippen LogP contribution in [0.1, 0.15) is 19.3 Å². The first-order valence-electron chi connectivity index (χ1n) is 3.57. The van der Waals surface area contributed by atoms with Crippen LogP contribution < -0.4 is 0 Å². The molecule has 9 heavy (non-hydrogen) atoms. The zero-order chi connectivity index (χ0) is 6.53. The van der Waals surface area contributed by atoms with Gasteiger partial charge in [-0.15, -0.1) is 11.6 Å². The van der Waals surface area contributed by atoms with Crippen molar-refractivity contribution in [3.8, 4) is 0 Å². The van der Waals surface area contributed by atoms with Crippen LogP contribution >= 0.6 is 11.6 Å². The average molecular weight is 149 g/mol. The van der Waals surface area contributed by atoms with Gasteiger partial charge in [0, 0.05) is 19.1 Å². The van der Waals surface area contributed by atoms with E-state index >= 15 is 0 Å². The number of alkyl halides is 1. The third kappa shape index (κ3) is 2.55. The van der Waals surface area contributed by atoms with Gasteiger partial charge in [-0.1, -0.05) is 0 Å². The van der Waals surface area contributed by atoms with Crippen LogP contribution in [-0.4, -0.2) is 19.1 Å². The second kappa shape index (κ2) is 4.13. The van der Waals surface area contributed by atoms with Crippen LogP contribution in [0.2, 0.25) is 0 Å². The Balaban J connectivity index is 2.18. The van der Waals surface area contributed by atoms with Crippen LogP contribution in [0, 0.1) is 5.92 Å². The fraction of sp³-hybridized carbons (Fsp3) is 1.00. The molecule has 1 unspecified atom stereocenters. The van der Waals surface area contributed by atoms with Gasteiger partial charge in [-0.3, -0.25) is 0 Å². The molecule has 1 saturated heterocycles. The van der Waals surface area contributed by atoms with Crippen LogP contribution in [0.5, 0.6) is 0 Å². The van der Waals surface area contributed by atoms with E-state index in [-0.39, 0.29) is 0 Å². The Morgan fingerprint density at radius 3 is 3.00 bits per heavy atom. The van der Waals surface area contributed by atoms with Crippen molar-refractivity contribution in [2.24, 2.45) is 5.92 Å². The fourth-order valence-corrected chi connectivity index (χ4v) is 1.43. The topological polar surface area (TPSA) is 9.23 Å². The molecule has 54 valence electrons. The summed E-state index contributed by atoms with van der Waals surface area (Å²) in [5, 5.41) is 0. The fourth-order valence-electron chi connectivity index (χ4n) is 1.12. The Kier molecular flexibility index (Phi) is 3.37. The van der Waals surface area contributed by atoms with Crippen molar-refractivity contribution in [1.82, 2.24) is 0 Å². The third-order valence-electron chi connectivity index (χ3n) is 1.79. The minimum absolute atomic E-state index is 0.717. The summed E-state index contributed by atoms with van der Waals surface area (Å²) in [6, 6.07) is 0. The van der Waals surface area contributed by atoms with Gasteiger partial charge in [-0.2, -0.15) is 0 Å². The summed E-state index contributed by atoms with van der Waals surface area (Å²) in [6.45, 7) is 1.85. The molecule has 0 aromatic carbocycles. The highest BCUT2D eigenvalue weighted by Gasteiger charge is 2.09. The molecule has 0 amide bonds. The molecule has 1 aliphatic rings. The van der Waals surface area contributed by atoms with E-state index in [0.29, 0.717) is 5.92 Å². The van der Waals surface area contributed by atoms with Crippen LogP contribution in [0.4, 0.5) is 0 Å². The number of rotatable bonds is 1. The number of ether oxygens (including phenoxy) is 1. The third-order valence-corrected chi connectivity index (χ3v) is 2.23. The first-order chi connectivity index (χ1) is 4.43. The molecular formula is C7H13ClO. The second-order valence-corrected chi connectivity index (χ2v) is 2.87. The molecule has 0 saturated carbocycles. The molecule has 0 aliphatic carbocycles. The minimum Gasteiger partial charge on any atom is -0.381 e. The molecule has 2 heteroatoms. The number of hydrogen-bond acceptors (Lipinski definition) is 1. The molecule has 0 bridgehead atoms. The standard InChI is InChI=1S/C7H13ClO/c8-6-7-2-1-4-9-5-3-7/h7H,1-6H2. The van der Waals surface area contributed by atoms with Gasteiger partial charge in [0.25, 0.3) is 0 Å². The predicted octanol–water partition coefficient (Wildman–Crippen LogP) is 2.04. The lowest BCUT2D eigenvalue weighted by molar-refractivity contribution is 0.142. The van der Waals surface area contributed by atoms with Gasteiger partial charge >= 0.3 is 0 Å². The lowest BCUT2D eigenvalue weighted by Gasteiger charge is -2.06. The van der Waals surface area contributed by atoms with E-state index in [4.69, 9.17) is 16.3 Å². The van der Waals surface area contributed by atoms with Crippen molar-refractivity contribution in [2.45, 2.75) is 19.3 Å². The Morgan fingerprint density at radius 1 is 1.33 bits per heavy atom. The van der Waals surface area contributed by atoms with Crippen molar-refractivity contribution < 1.29 is 4.74 Å². The Bertz CT molecular complexity index is 67.3. The Hall–Kier alpha value is 0.250. The first-order valence-corrected chi connectivity index (χ1v) is 4.10. The van der Waals surface area contributed by atoms with Gasteiger partial charge in [-0.05, 0) is 25.2 Å². The maximum atomic E-state index is 5.70. The molecule has 1 atom stereocenters. The summed E-state index contributed by atoms with van der Waals surface area (Å²) in [6.07, 6.45) is 3.60. The summed E-state index contributed by atoms with van der Waals surface area (Å²) in [7, 11) is 0. The summed E-state index contributed by atoms with van der Waals surface area (Å²) in [4.78, 5) is 0. The van der Waals surface area contributed by atoms with Crippen molar-refractivity contribution in [3.05, 3.63) is 0 Å². The van der Waals surface area contributed by atoms with Gasteiger partial charge in [0.2, 0.25) is 0 Å². The molecule has 1 aliphatic heterocycles. The van der Waals surface area contributed by atoms with E-state index < -0.39 is 0 Å². The monoisotopic (exact) mass is 148 g/mol. The van der Waals surface area contributed by atoms with Crippen LogP contribution in [0.3, 0.4) is 0 Å². The van der Waals surface area contributed by atoms with Crippen LogP contribution in [0.15, 0.2) is 0 Å². The van der Waals surface area contributed by atoms with Crippen molar-refractivity contribution in [3.63, 3.8) is 0 Å². The van der Waals surface area contributed by atoms with E-state index in [1.807, 2.05) is 0 Å². The van der Waals surface area contributed by atoms with Gasteiger partial charge in [-0.25, -0.2) is 0 Å². The second-order valence-electron chi connectivity index (χ2n) is 2.56. The SMILES string of the molecule is ClCC1CCCOCC1. The summed E-state index contributed by atoms with van der Waals surface area (Å²) in [5.74, 6) is 1.53. The zero-order valence-corrected chi connectivity index (χ0v) is 6.36. The van der Waals surface area contributed by atoms with E-state index in [0.717, 1.165) is 25.5 Å². The van der Waals surface area contributed by atoms with E-state index in [9.17, 15) is 0 Å². The summed E-state index contributed by atoms with van der Waals surface area (Å²) < 4.78 is 5.27.